The summed E-state index contributed by atoms with van der Waals surface area (Å²) in [5, 5.41) is 4.66. The zero-order chi connectivity index (χ0) is 8.93. The van der Waals surface area contributed by atoms with Crippen LogP contribution in [0.4, 0.5) is 0 Å². The van der Waals surface area contributed by atoms with E-state index in [1.54, 1.807) is 0 Å². The molecule has 5 nitrogen and oxygen atoms in total. The molecule has 2 aliphatic rings. The average molecular weight is 207 g/mol. The summed E-state index contributed by atoms with van der Waals surface area (Å²) in [6, 6.07) is -0.269. The molecule has 2 atom stereocenters. The molecule has 2 heterocycles. The van der Waals surface area contributed by atoms with Crippen LogP contribution in [0.25, 0.3) is 0 Å². The molecule has 68 valence electrons. The molecule has 0 saturated carbocycles. The fourth-order valence-corrected chi connectivity index (χ4v) is 3.81. The first-order valence-electron chi connectivity index (χ1n) is 3.54. The van der Waals surface area contributed by atoms with E-state index in [-0.39, 0.29) is 23.6 Å². The normalized spacial score (nSPS) is 38.1. The minimum absolute atomic E-state index is 0.104. The SMILES string of the molecule is NN1C(=S)N[C@H]2CS(=O)(=O)C[C@H]21. The van der Waals surface area contributed by atoms with Crippen molar-refractivity contribution < 1.29 is 8.42 Å². The van der Waals surface area contributed by atoms with Gasteiger partial charge in [0.1, 0.15) is 0 Å². The zero-order valence-electron chi connectivity index (χ0n) is 6.23. The third-order valence-corrected chi connectivity index (χ3v) is 4.27. The van der Waals surface area contributed by atoms with Crippen molar-refractivity contribution in [1.82, 2.24) is 10.3 Å². The molecule has 0 spiro atoms. The largest absolute Gasteiger partial charge is 0.356 e. The summed E-state index contributed by atoms with van der Waals surface area (Å²) in [5.74, 6) is 5.81. The maximum atomic E-state index is 11.1. The number of rotatable bonds is 0. The minimum Gasteiger partial charge on any atom is -0.356 e. The number of nitrogens with two attached hydrogens (primary N) is 1. The number of nitrogens with one attached hydrogen (secondary N) is 1. The Morgan fingerprint density at radius 1 is 1.58 bits per heavy atom. The Bertz CT molecular complexity index is 326. The third kappa shape index (κ3) is 1.08. The molecule has 2 fully saturated rings. The second kappa shape index (κ2) is 2.30. The second-order valence-electron chi connectivity index (χ2n) is 3.11. The van der Waals surface area contributed by atoms with Crippen LogP contribution in [0.2, 0.25) is 0 Å². The molecule has 0 bridgehead atoms. The first-order chi connectivity index (χ1) is 5.49. The van der Waals surface area contributed by atoms with Crippen molar-refractivity contribution in [2.45, 2.75) is 12.1 Å². The lowest BCUT2D eigenvalue weighted by molar-refractivity contribution is 0.368. The molecule has 0 aliphatic carbocycles. The molecule has 0 aromatic heterocycles. The van der Waals surface area contributed by atoms with Crippen LogP contribution >= 0.6 is 12.2 Å². The van der Waals surface area contributed by atoms with Crippen molar-refractivity contribution in [3.8, 4) is 0 Å². The van der Waals surface area contributed by atoms with E-state index in [1.165, 1.54) is 5.01 Å². The number of hydrazine groups is 1. The molecule has 2 aliphatic heterocycles. The van der Waals surface area contributed by atoms with Gasteiger partial charge in [-0.1, -0.05) is 0 Å². The summed E-state index contributed by atoms with van der Waals surface area (Å²) in [6.45, 7) is 0. The molecule has 0 amide bonds. The molecule has 2 saturated heterocycles. The van der Waals surface area contributed by atoms with Gasteiger partial charge in [0.05, 0.1) is 23.6 Å². The van der Waals surface area contributed by atoms with E-state index < -0.39 is 9.84 Å². The lowest BCUT2D eigenvalue weighted by Gasteiger charge is -2.15. The Morgan fingerprint density at radius 3 is 2.83 bits per heavy atom. The van der Waals surface area contributed by atoms with Crippen LogP contribution in [0.5, 0.6) is 0 Å². The Labute approximate surface area is 75.8 Å². The summed E-state index contributed by atoms with van der Waals surface area (Å²) in [7, 11) is -2.91. The van der Waals surface area contributed by atoms with Gasteiger partial charge in [-0.3, -0.25) is 5.01 Å². The average Bonchev–Trinajstić information content (AvgIpc) is 2.33. The topological polar surface area (TPSA) is 75.4 Å². The van der Waals surface area contributed by atoms with Crippen LogP contribution in [-0.2, 0) is 9.84 Å². The number of sulfone groups is 1. The molecule has 0 radical (unpaired) electrons. The van der Waals surface area contributed by atoms with Crippen molar-refractivity contribution in [3.63, 3.8) is 0 Å². The van der Waals surface area contributed by atoms with Crippen LogP contribution in [0.1, 0.15) is 0 Å². The van der Waals surface area contributed by atoms with Crippen molar-refractivity contribution in [2.75, 3.05) is 11.5 Å². The summed E-state index contributed by atoms with van der Waals surface area (Å²) >= 11 is 4.87. The van der Waals surface area contributed by atoms with E-state index in [2.05, 4.69) is 5.32 Å². The fraction of sp³-hybridized carbons (Fsp3) is 0.800. The summed E-state index contributed by atoms with van der Waals surface area (Å²) in [5.41, 5.74) is 0. The van der Waals surface area contributed by atoms with Crippen LogP contribution in [-0.4, -0.2) is 42.1 Å². The molecule has 0 aromatic rings. The van der Waals surface area contributed by atoms with Crippen LogP contribution in [0, 0.1) is 0 Å². The monoisotopic (exact) mass is 207 g/mol. The smallest absolute Gasteiger partial charge is 0.183 e. The van der Waals surface area contributed by atoms with E-state index in [0.29, 0.717) is 5.11 Å². The van der Waals surface area contributed by atoms with Gasteiger partial charge in [0, 0.05) is 0 Å². The second-order valence-corrected chi connectivity index (χ2v) is 5.65. The van der Waals surface area contributed by atoms with Gasteiger partial charge in [-0.05, 0) is 12.2 Å². The highest BCUT2D eigenvalue weighted by atomic mass is 32.2. The van der Waals surface area contributed by atoms with Crippen LogP contribution in [0.15, 0.2) is 0 Å². The Balaban J connectivity index is 2.27. The molecule has 3 N–H and O–H groups in total. The molecule has 2 rings (SSSR count). The molecule has 0 aromatic carbocycles. The molecular weight excluding hydrogens is 198 g/mol. The van der Waals surface area contributed by atoms with E-state index in [9.17, 15) is 8.42 Å². The van der Waals surface area contributed by atoms with E-state index >= 15 is 0 Å². The number of thiocarbonyl (C=S) groups is 1. The zero-order valence-corrected chi connectivity index (χ0v) is 7.86. The summed E-state index contributed by atoms with van der Waals surface area (Å²) in [6.07, 6.45) is 0. The molecule has 7 heteroatoms. The van der Waals surface area contributed by atoms with Crippen molar-refractivity contribution in [2.24, 2.45) is 5.84 Å². The molecule has 12 heavy (non-hydrogen) atoms. The van der Waals surface area contributed by atoms with Gasteiger partial charge >= 0.3 is 0 Å². The van der Waals surface area contributed by atoms with E-state index in [4.69, 9.17) is 18.1 Å². The number of hydrogen-bond acceptors (Lipinski definition) is 4. The van der Waals surface area contributed by atoms with Crippen molar-refractivity contribution >= 4 is 27.2 Å². The van der Waals surface area contributed by atoms with Gasteiger partial charge in [-0.2, -0.15) is 0 Å². The molecular formula is C5H9N3O2S2. The first-order valence-corrected chi connectivity index (χ1v) is 5.77. The van der Waals surface area contributed by atoms with Gasteiger partial charge in [0.15, 0.2) is 14.9 Å². The number of nitrogens with zero attached hydrogens (tertiary/aromatic N) is 1. The number of fused-ring (bicyclic) bond motifs is 1. The Hall–Kier alpha value is -0.400. The van der Waals surface area contributed by atoms with Gasteiger partial charge in [-0.25, -0.2) is 14.3 Å². The lowest BCUT2D eigenvalue weighted by Crippen LogP contribution is -2.42. The highest BCUT2D eigenvalue weighted by Crippen LogP contribution is 2.21. The predicted octanol–water partition coefficient (Wildman–Crippen LogP) is -1.78. The maximum Gasteiger partial charge on any atom is 0.183 e. The van der Waals surface area contributed by atoms with Crippen LogP contribution in [0.3, 0.4) is 0 Å². The van der Waals surface area contributed by atoms with Crippen LogP contribution < -0.4 is 11.2 Å². The Kier molecular flexibility index (Phi) is 1.57. The fourth-order valence-electron chi connectivity index (χ4n) is 1.62. The predicted molar refractivity (Wildman–Crippen MR) is 48.0 cm³/mol. The Morgan fingerprint density at radius 2 is 2.25 bits per heavy atom. The van der Waals surface area contributed by atoms with Gasteiger partial charge in [-0.15, -0.1) is 0 Å². The molecule has 0 unspecified atom stereocenters. The maximum absolute atomic E-state index is 11.1. The van der Waals surface area contributed by atoms with Gasteiger partial charge < -0.3 is 5.32 Å². The quantitative estimate of drug-likeness (QED) is 0.361. The van der Waals surface area contributed by atoms with Crippen molar-refractivity contribution in [3.05, 3.63) is 0 Å². The van der Waals surface area contributed by atoms with E-state index in [1.807, 2.05) is 0 Å². The lowest BCUT2D eigenvalue weighted by atomic mass is 10.2. The highest BCUT2D eigenvalue weighted by molar-refractivity contribution is 7.91. The minimum atomic E-state index is -2.91. The van der Waals surface area contributed by atoms with Gasteiger partial charge in [0.25, 0.3) is 0 Å². The summed E-state index contributed by atoms with van der Waals surface area (Å²) in [4.78, 5) is 0. The summed E-state index contributed by atoms with van der Waals surface area (Å²) < 4.78 is 22.3. The van der Waals surface area contributed by atoms with Crippen molar-refractivity contribution in [1.29, 1.82) is 0 Å². The highest BCUT2D eigenvalue weighted by Gasteiger charge is 2.46. The first kappa shape index (κ1) is 8.21. The standard InChI is InChI=1S/C5H9N3O2S2/c6-8-4-2-12(9,10)1-3(4)7-5(8)11/h3-4H,1-2,6H2,(H,7,11)/t3-,4+/m0/s1. The van der Waals surface area contributed by atoms with E-state index in [0.717, 1.165) is 0 Å². The number of hydrogen-bond donors (Lipinski definition) is 2. The third-order valence-electron chi connectivity index (χ3n) is 2.22. The van der Waals surface area contributed by atoms with Gasteiger partial charge in [0.2, 0.25) is 0 Å².